The Balaban J connectivity index is 1.55. The standard InChI is InChI=1S/C24H21ClN4O3/c1-24(18-5-3-2-4-6-18)16-28(27-23(24)17-7-9-19(25)10-8-17)15-22(30)26-20-11-13-21(14-12-20)29(31)32/h2-14H,15-16H2,1H3,(H,26,30). The largest absolute Gasteiger partial charge is 0.324 e. The Morgan fingerprint density at radius 3 is 2.38 bits per heavy atom. The fourth-order valence-corrected chi connectivity index (χ4v) is 4.00. The monoisotopic (exact) mass is 448 g/mol. The van der Waals surface area contributed by atoms with Gasteiger partial charge in [-0.15, -0.1) is 0 Å². The summed E-state index contributed by atoms with van der Waals surface area (Å²) in [6.07, 6.45) is 0. The number of hydrogen-bond donors (Lipinski definition) is 1. The molecule has 1 heterocycles. The number of nitrogens with zero attached hydrogens (tertiary/aromatic N) is 3. The fourth-order valence-electron chi connectivity index (χ4n) is 3.87. The SMILES string of the molecule is CC1(c2ccccc2)CN(CC(=O)Nc2ccc([N+](=O)[O-])cc2)N=C1c1ccc(Cl)cc1. The number of nitro benzene ring substituents is 1. The number of benzene rings is 3. The molecule has 0 aliphatic carbocycles. The Bertz CT molecular complexity index is 1160. The molecule has 3 aromatic rings. The molecule has 0 spiro atoms. The third-order valence-corrected chi connectivity index (χ3v) is 5.73. The second-order valence-electron chi connectivity index (χ2n) is 7.83. The van der Waals surface area contributed by atoms with Gasteiger partial charge in [-0.1, -0.05) is 54.1 Å². The molecule has 1 aliphatic rings. The molecule has 1 amide bonds. The van der Waals surface area contributed by atoms with Crippen LogP contribution in [0.4, 0.5) is 11.4 Å². The van der Waals surface area contributed by atoms with Crippen LogP contribution >= 0.6 is 11.6 Å². The van der Waals surface area contributed by atoms with Crippen molar-refractivity contribution in [1.82, 2.24) is 5.01 Å². The van der Waals surface area contributed by atoms with Gasteiger partial charge in [0.2, 0.25) is 5.91 Å². The number of non-ortho nitro benzene ring substituents is 1. The number of carbonyl (C=O) groups is 1. The highest BCUT2D eigenvalue weighted by Crippen LogP contribution is 2.35. The van der Waals surface area contributed by atoms with Gasteiger partial charge in [-0.05, 0) is 42.3 Å². The molecule has 162 valence electrons. The average molecular weight is 449 g/mol. The molecule has 0 bridgehead atoms. The van der Waals surface area contributed by atoms with Crippen molar-refractivity contribution in [1.29, 1.82) is 0 Å². The van der Waals surface area contributed by atoms with E-state index in [4.69, 9.17) is 16.7 Å². The van der Waals surface area contributed by atoms with Crippen LogP contribution in [-0.4, -0.2) is 34.6 Å². The van der Waals surface area contributed by atoms with E-state index in [0.717, 1.165) is 16.8 Å². The molecule has 7 nitrogen and oxygen atoms in total. The second kappa shape index (κ2) is 8.80. The number of nitro groups is 1. The van der Waals surface area contributed by atoms with Gasteiger partial charge in [0.05, 0.1) is 22.6 Å². The Labute approximate surface area is 190 Å². The van der Waals surface area contributed by atoms with E-state index in [1.807, 2.05) is 42.5 Å². The van der Waals surface area contributed by atoms with Gasteiger partial charge in [-0.25, -0.2) is 0 Å². The number of hydrazone groups is 1. The number of anilines is 1. The lowest BCUT2D eigenvalue weighted by atomic mass is 9.76. The fraction of sp³-hybridized carbons (Fsp3) is 0.167. The lowest BCUT2D eigenvalue weighted by molar-refractivity contribution is -0.384. The molecule has 1 aliphatic heterocycles. The summed E-state index contributed by atoms with van der Waals surface area (Å²) in [5.74, 6) is -0.254. The lowest BCUT2D eigenvalue weighted by Gasteiger charge is -2.27. The third-order valence-electron chi connectivity index (χ3n) is 5.48. The van der Waals surface area contributed by atoms with Crippen LogP contribution in [0.3, 0.4) is 0 Å². The Morgan fingerprint density at radius 2 is 1.75 bits per heavy atom. The zero-order valence-corrected chi connectivity index (χ0v) is 18.1. The van der Waals surface area contributed by atoms with E-state index in [-0.39, 0.29) is 18.1 Å². The van der Waals surface area contributed by atoms with Gasteiger partial charge in [0.25, 0.3) is 5.69 Å². The Hall–Kier alpha value is -3.71. The third kappa shape index (κ3) is 4.48. The van der Waals surface area contributed by atoms with Crippen molar-refractivity contribution in [3.8, 4) is 0 Å². The summed E-state index contributed by atoms with van der Waals surface area (Å²) in [7, 11) is 0. The van der Waals surface area contributed by atoms with Crippen LogP contribution in [0.25, 0.3) is 0 Å². The molecule has 1 unspecified atom stereocenters. The first-order valence-electron chi connectivity index (χ1n) is 10.0. The number of hydrogen-bond acceptors (Lipinski definition) is 5. The molecule has 32 heavy (non-hydrogen) atoms. The zero-order chi connectivity index (χ0) is 22.7. The van der Waals surface area contributed by atoms with Crippen LogP contribution in [0.1, 0.15) is 18.1 Å². The lowest BCUT2D eigenvalue weighted by Crippen LogP contribution is -2.38. The van der Waals surface area contributed by atoms with E-state index in [2.05, 4.69) is 24.4 Å². The van der Waals surface area contributed by atoms with E-state index in [1.54, 1.807) is 5.01 Å². The number of halogens is 1. The minimum atomic E-state index is -0.479. The van der Waals surface area contributed by atoms with Crippen LogP contribution in [0.5, 0.6) is 0 Å². The quantitative estimate of drug-likeness (QED) is 0.430. The number of amides is 1. The zero-order valence-electron chi connectivity index (χ0n) is 17.4. The first-order valence-corrected chi connectivity index (χ1v) is 10.4. The Kier molecular flexibility index (Phi) is 5.92. The molecule has 0 fully saturated rings. The van der Waals surface area contributed by atoms with Crippen LogP contribution in [-0.2, 0) is 10.2 Å². The molecule has 4 rings (SSSR count). The number of carbonyl (C=O) groups excluding carboxylic acids is 1. The average Bonchev–Trinajstić information content (AvgIpc) is 3.12. The summed E-state index contributed by atoms with van der Waals surface area (Å²) in [4.78, 5) is 23.0. The van der Waals surface area contributed by atoms with Crippen molar-refractivity contribution >= 4 is 34.6 Å². The Morgan fingerprint density at radius 1 is 1.09 bits per heavy atom. The van der Waals surface area contributed by atoms with E-state index in [9.17, 15) is 14.9 Å². The molecule has 0 saturated carbocycles. The van der Waals surface area contributed by atoms with Crippen LogP contribution in [0, 0.1) is 10.1 Å². The van der Waals surface area contributed by atoms with Gasteiger partial charge in [0.1, 0.15) is 6.54 Å². The highest BCUT2D eigenvalue weighted by Gasteiger charge is 2.41. The highest BCUT2D eigenvalue weighted by atomic mass is 35.5. The molecule has 0 saturated heterocycles. The highest BCUT2D eigenvalue weighted by molar-refractivity contribution is 6.30. The number of rotatable bonds is 6. The van der Waals surface area contributed by atoms with E-state index < -0.39 is 10.3 Å². The van der Waals surface area contributed by atoms with E-state index >= 15 is 0 Å². The van der Waals surface area contributed by atoms with Gasteiger partial charge in [0, 0.05) is 22.8 Å². The predicted molar refractivity (Wildman–Crippen MR) is 125 cm³/mol. The van der Waals surface area contributed by atoms with Crippen molar-refractivity contribution in [2.24, 2.45) is 5.10 Å². The molecule has 0 aromatic heterocycles. The van der Waals surface area contributed by atoms with Gasteiger partial charge < -0.3 is 5.32 Å². The van der Waals surface area contributed by atoms with Crippen LogP contribution in [0.15, 0.2) is 84.0 Å². The van der Waals surface area contributed by atoms with Gasteiger partial charge in [-0.2, -0.15) is 5.10 Å². The molecule has 1 atom stereocenters. The van der Waals surface area contributed by atoms with E-state index in [1.165, 1.54) is 24.3 Å². The summed E-state index contributed by atoms with van der Waals surface area (Å²) in [5, 5.41) is 20.8. The molecule has 1 N–H and O–H groups in total. The summed E-state index contributed by atoms with van der Waals surface area (Å²) < 4.78 is 0. The van der Waals surface area contributed by atoms with Gasteiger partial charge >= 0.3 is 0 Å². The second-order valence-corrected chi connectivity index (χ2v) is 8.26. The summed E-state index contributed by atoms with van der Waals surface area (Å²) in [6.45, 7) is 2.70. The van der Waals surface area contributed by atoms with Crippen molar-refractivity contribution in [2.75, 3.05) is 18.4 Å². The summed E-state index contributed by atoms with van der Waals surface area (Å²) in [5.41, 5.74) is 2.96. The normalized spacial score (nSPS) is 17.7. The minimum absolute atomic E-state index is 0.0293. The maximum absolute atomic E-state index is 12.6. The topological polar surface area (TPSA) is 87.8 Å². The molecular formula is C24H21ClN4O3. The van der Waals surface area contributed by atoms with Crippen molar-refractivity contribution in [3.63, 3.8) is 0 Å². The molecular weight excluding hydrogens is 428 g/mol. The molecule has 0 radical (unpaired) electrons. The summed E-state index contributed by atoms with van der Waals surface area (Å²) >= 11 is 6.07. The van der Waals surface area contributed by atoms with Crippen molar-refractivity contribution in [3.05, 3.63) is 105 Å². The maximum Gasteiger partial charge on any atom is 0.269 e. The first kappa shape index (κ1) is 21.5. The minimum Gasteiger partial charge on any atom is -0.324 e. The molecule has 8 heteroatoms. The van der Waals surface area contributed by atoms with Crippen molar-refractivity contribution < 1.29 is 9.72 Å². The predicted octanol–water partition coefficient (Wildman–Crippen LogP) is 4.86. The van der Waals surface area contributed by atoms with E-state index in [0.29, 0.717) is 17.3 Å². The molecule has 3 aromatic carbocycles. The first-order chi connectivity index (χ1) is 15.3. The van der Waals surface area contributed by atoms with Gasteiger partial charge in [-0.3, -0.25) is 19.9 Å². The smallest absolute Gasteiger partial charge is 0.269 e. The summed E-state index contributed by atoms with van der Waals surface area (Å²) in [6, 6.07) is 23.3. The van der Waals surface area contributed by atoms with Crippen LogP contribution in [0.2, 0.25) is 5.02 Å². The van der Waals surface area contributed by atoms with Crippen LogP contribution < -0.4 is 5.32 Å². The van der Waals surface area contributed by atoms with Gasteiger partial charge in [0.15, 0.2) is 0 Å². The van der Waals surface area contributed by atoms with Crippen molar-refractivity contribution in [2.45, 2.75) is 12.3 Å². The number of nitrogens with one attached hydrogen (secondary N) is 1. The maximum atomic E-state index is 12.6.